The molecule has 5 heteroatoms. The molecule has 1 aliphatic rings. The van der Waals surface area contributed by atoms with Gasteiger partial charge in [0.1, 0.15) is 0 Å². The molecule has 1 aliphatic heterocycles. The summed E-state index contributed by atoms with van der Waals surface area (Å²) in [5, 5.41) is 8.07. The lowest BCUT2D eigenvalue weighted by molar-refractivity contribution is 0.164. The second-order valence-electron chi connectivity index (χ2n) is 5.69. The first-order chi connectivity index (χ1) is 10.2. The summed E-state index contributed by atoms with van der Waals surface area (Å²) in [6.07, 6.45) is 1.10. The van der Waals surface area contributed by atoms with Crippen molar-refractivity contribution in [2.24, 2.45) is 0 Å². The highest BCUT2D eigenvalue weighted by atomic mass is 16.4. The molecule has 0 saturated heterocycles. The van der Waals surface area contributed by atoms with Crippen molar-refractivity contribution in [2.75, 3.05) is 18.5 Å². The minimum absolute atomic E-state index is 0.481. The zero-order valence-electron chi connectivity index (χ0n) is 12.9. The Morgan fingerprint density at radius 3 is 2.81 bits per heavy atom. The average Bonchev–Trinajstić information content (AvgIpc) is 2.83. The van der Waals surface area contributed by atoms with Gasteiger partial charge < -0.3 is 9.32 Å². The molecule has 0 aliphatic carbocycles. The highest BCUT2D eigenvalue weighted by Gasteiger charge is 2.26. The van der Waals surface area contributed by atoms with E-state index in [2.05, 4.69) is 58.2 Å². The normalized spacial score (nSPS) is 19.4. The zero-order valence-corrected chi connectivity index (χ0v) is 12.9. The molecule has 0 saturated carbocycles. The minimum Gasteiger partial charge on any atom is -0.424 e. The molecule has 1 atom stereocenters. The van der Waals surface area contributed by atoms with Crippen molar-refractivity contribution in [3.8, 4) is 0 Å². The van der Waals surface area contributed by atoms with Crippen molar-refractivity contribution in [1.29, 1.82) is 0 Å². The van der Waals surface area contributed by atoms with Crippen LogP contribution in [-0.4, -0.2) is 34.7 Å². The van der Waals surface area contributed by atoms with Gasteiger partial charge in [-0.2, -0.15) is 0 Å². The number of benzene rings is 1. The molecule has 0 N–H and O–H groups in total. The molecule has 2 aromatic rings. The van der Waals surface area contributed by atoms with Crippen LogP contribution in [0.15, 0.2) is 28.7 Å². The average molecular weight is 286 g/mol. The van der Waals surface area contributed by atoms with Crippen molar-refractivity contribution in [3.63, 3.8) is 0 Å². The Kier molecular flexibility index (Phi) is 3.92. The molecule has 21 heavy (non-hydrogen) atoms. The number of rotatable bonds is 3. The molecule has 1 aromatic heterocycles. The predicted molar refractivity (Wildman–Crippen MR) is 82.1 cm³/mol. The molecular formula is C16H22N4O. The Labute approximate surface area is 125 Å². The lowest BCUT2D eigenvalue weighted by Crippen LogP contribution is -2.39. The third-order valence-electron chi connectivity index (χ3n) is 4.15. The fourth-order valence-corrected chi connectivity index (χ4v) is 3.04. The van der Waals surface area contributed by atoms with Crippen LogP contribution < -0.4 is 4.90 Å². The smallest absolute Gasteiger partial charge is 0.230 e. The standard InChI is InChI=1S/C16H22N4O/c1-4-14-10-19(3)15-8-6-5-7-13(15)9-20(14)11-16-18-17-12(2)21-16/h5-8,14H,4,9-11H2,1-3H3/t14-/m0/s1. The molecule has 0 amide bonds. The Bertz CT molecular complexity index is 610. The number of aryl methyl sites for hydroxylation is 1. The summed E-state index contributed by atoms with van der Waals surface area (Å²) in [4.78, 5) is 4.79. The number of nitrogens with zero attached hydrogens (tertiary/aromatic N) is 4. The highest BCUT2D eigenvalue weighted by molar-refractivity contribution is 5.53. The van der Waals surface area contributed by atoms with E-state index in [1.54, 1.807) is 0 Å². The first-order valence-corrected chi connectivity index (χ1v) is 7.49. The summed E-state index contributed by atoms with van der Waals surface area (Å²) in [6.45, 7) is 6.71. The van der Waals surface area contributed by atoms with Gasteiger partial charge in [0, 0.05) is 38.8 Å². The summed E-state index contributed by atoms with van der Waals surface area (Å²) in [7, 11) is 2.17. The van der Waals surface area contributed by atoms with Gasteiger partial charge >= 0.3 is 0 Å². The van der Waals surface area contributed by atoms with Crippen molar-refractivity contribution >= 4 is 5.69 Å². The van der Waals surface area contributed by atoms with E-state index in [9.17, 15) is 0 Å². The van der Waals surface area contributed by atoms with Crippen LogP contribution in [0.25, 0.3) is 0 Å². The quantitative estimate of drug-likeness (QED) is 0.868. The van der Waals surface area contributed by atoms with Crippen LogP contribution in [0.5, 0.6) is 0 Å². The molecule has 0 spiro atoms. The fraction of sp³-hybridized carbons (Fsp3) is 0.500. The Balaban J connectivity index is 1.87. The number of anilines is 1. The first kappa shape index (κ1) is 14.1. The van der Waals surface area contributed by atoms with Gasteiger partial charge in [0.2, 0.25) is 11.8 Å². The predicted octanol–water partition coefficient (Wildman–Crippen LogP) is 2.61. The lowest BCUT2D eigenvalue weighted by atomic mass is 10.1. The maximum Gasteiger partial charge on any atom is 0.230 e. The fourth-order valence-electron chi connectivity index (χ4n) is 3.04. The maximum absolute atomic E-state index is 5.56. The SMILES string of the molecule is CC[C@H]1CN(C)c2ccccc2CN1Cc1nnc(C)o1. The van der Waals surface area contributed by atoms with E-state index in [1.165, 1.54) is 11.3 Å². The maximum atomic E-state index is 5.56. The van der Waals surface area contributed by atoms with Crippen molar-refractivity contribution in [3.05, 3.63) is 41.6 Å². The number of para-hydroxylation sites is 1. The summed E-state index contributed by atoms with van der Waals surface area (Å²) in [5.41, 5.74) is 2.67. The molecule has 112 valence electrons. The Hall–Kier alpha value is -1.88. The van der Waals surface area contributed by atoms with E-state index in [-0.39, 0.29) is 0 Å². The molecule has 1 aromatic carbocycles. The molecule has 0 bridgehead atoms. The number of likely N-dealkylation sites (N-methyl/N-ethyl adjacent to an activating group) is 1. The molecule has 5 nitrogen and oxygen atoms in total. The summed E-state index contributed by atoms with van der Waals surface area (Å²) in [5.74, 6) is 1.33. The van der Waals surface area contributed by atoms with E-state index in [1.807, 2.05) is 6.92 Å². The molecule has 0 radical (unpaired) electrons. The minimum atomic E-state index is 0.481. The number of hydrogen-bond donors (Lipinski definition) is 0. The van der Waals surface area contributed by atoms with E-state index in [4.69, 9.17) is 4.42 Å². The van der Waals surface area contributed by atoms with Crippen molar-refractivity contribution in [2.45, 2.75) is 39.4 Å². The molecule has 2 heterocycles. The van der Waals surface area contributed by atoms with Gasteiger partial charge in [-0.3, -0.25) is 4.90 Å². The monoisotopic (exact) mass is 286 g/mol. The highest BCUT2D eigenvalue weighted by Crippen LogP contribution is 2.27. The van der Waals surface area contributed by atoms with E-state index in [0.717, 1.165) is 19.5 Å². The molecular weight excluding hydrogens is 264 g/mol. The zero-order chi connectivity index (χ0) is 14.8. The van der Waals surface area contributed by atoms with Crippen LogP contribution in [0.3, 0.4) is 0 Å². The molecule has 0 unspecified atom stereocenters. The van der Waals surface area contributed by atoms with E-state index < -0.39 is 0 Å². The van der Waals surface area contributed by atoms with Gasteiger partial charge in [0.25, 0.3) is 0 Å². The molecule has 3 rings (SSSR count). The van der Waals surface area contributed by atoms with Crippen molar-refractivity contribution < 1.29 is 4.42 Å². The van der Waals surface area contributed by atoms with Crippen LogP contribution in [0.2, 0.25) is 0 Å². The first-order valence-electron chi connectivity index (χ1n) is 7.49. The van der Waals surface area contributed by atoms with Crippen molar-refractivity contribution in [1.82, 2.24) is 15.1 Å². The number of fused-ring (bicyclic) bond motifs is 1. The van der Waals surface area contributed by atoms with E-state index >= 15 is 0 Å². The van der Waals surface area contributed by atoms with E-state index in [0.29, 0.717) is 24.4 Å². The van der Waals surface area contributed by atoms with Crippen LogP contribution in [0.4, 0.5) is 5.69 Å². The van der Waals surface area contributed by atoms with Gasteiger partial charge in [-0.1, -0.05) is 25.1 Å². The Morgan fingerprint density at radius 1 is 1.29 bits per heavy atom. The third-order valence-corrected chi connectivity index (χ3v) is 4.15. The topological polar surface area (TPSA) is 45.4 Å². The lowest BCUT2D eigenvalue weighted by Gasteiger charge is -2.29. The van der Waals surface area contributed by atoms with Gasteiger partial charge in [-0.25, -0.2) is 0 Å². The summed E-state index contributed by atoms with van der Waals surface area (Å²) in [6, 6.07) is 9.09. The Morgan fingerprint density at radius 2 is 2.10 bits per heavy atom. The number of aromatic nitrogens is 2. The second kappa shape index (κ2) is 5.85. The summed E-state index contributed by atoms with van der Waals surface area (Å²) >= 11 is 0. The van der Waals surface area contributed by atoms with Crippen LogP contribution in [-0.2, 0) is 13.1 Å². The molecule has 0 fully saturated rings. The van der Waals surface area contributed by atoms with Crippen LogP contribution >= 0.6 is 0 Å². The second-order valence-corrected chi connectivity index (χ2v) is 5.69. The summed E-state index contributed by atoms with van der Waals surface area (Å²) < 4.78 is 5.56. The van der Waals surface area contributed by atoms with Gasteiger partial charge in [0.15, 0.2) is 0 Å². The van der Waals surface area contributed by atoms with Gasteiger partial charge in [-0.05, 0) is 18.1 Å². The third kappa shape index (κ3) is 2.93. The van der Waals surface area contributed by atoms with Crippen LogP contribution in [0.1, 0.15) is 30.7 Å². The number of hydrogen-bond acceptors (Lipinski definition) is 5. The van der Waals surface area contributed by atoms with Crippen LogP contribution in [0, 0.1) is 6.92 Å². The van der Waals surface area contributed by atoms with Gasteiger partial charge in [0.05, 0.1) is 6.54 Å². The largest absolute Gasteiger partial charge is 0.424 e. The van der Waals surface area contributed by atoms with Gasteiger partial charge in [-0.15, -0.1) is 10.2 Å².